The molecule has 0 bridgehead atoms. The summed E-state index contributed by atoms with van der Waals surface area (Å²) in [5.74, 6) is 2.10. The smallest absolute Gasteiger partial charge is 0.408 e. The van der Waals surface area contributed by atoms with E-state index in [1.54, 1.807) is 0 Å². The molecule has 1 saturated carbocycles. The van der Waals surface area contributed by atoms with E-state index in [0.717, 1.165) is 54.9 Å². The summed E-state index contributed by atoms with van der Waals surface area (Å²) in [5, 5.41) is 13.6. The highest BCUT2D eigenvalue weighted by Gasteiger charge is 2.30. The number of carbonyl (C=O) groups is 2. The van der Waals surface area contributed by atoms with Crippen molar-refractivity contribution in [3.63, 3.8) is 0 Å². The van der Waals surface area contributed by atoms with Gasteiger partial charge in [0.1, 0.15) is 12.4 Å². The molecule has 1 saturated heterocycles. The number of aromatic amines is 1. The molecule has 0 spiro atoms. The van der Waals surface area contributed by atoms with Gasteiger partial charge in [-0.15, -0.1) is 0 Å². The van der Waals surface area contributed by atoms with Gasteiger partial charge in [-0.2, -0.15) is 0 Å². The van der Waals surface area contributed by atoms with Gasteiger partial charge in [0, 0.05) is 24.6 Å². The minimum atomic E-state index is -0.376. The summed E-state index contributed by atoms with van der Waals surface area (Å²) in [5.41, 5.74) is 3.63. The van der Waals surface area contributed by atoms with Gasteiger partial charge < -0.3 is 25.8 Å². The minimum absolute atomic E-state index is 0.0202. The molecule has 8 nitrogen and oxygen atoms in total. The summed E-state index contributed by atoms with van der Waals surface area (Å²) < 4.78 is 5.42. The number of hydrogen-bond donors (Lipinski definition) is 4. The molecule has 4 rings (SSSR count). The van der Waals surface area contributed by atoms with Crippen LogP contribution in [0.15, 0.2) is 48.2 Å². The van der Waals surface area contributed by atoms with Crippen molar-refractivity contribution in [2.24, 2.45) is 17.8 Å². The van der Waals surface area contributed by atoms with Gasteiger partial charge in [0.15, 0.2) is 0 Å². The molecule has 1 aliphatic carbocycles. The fourth-order valence-corrected chi connectivity index (χ4v) is 5.43. The summed E-state index contributed by atoms with van der Waals surface area (Å²) in [6.45, 7) is 9.23. The molecule has 4 atom stereocenters. The zero-order valence-corrected chi connectivity index (χ0v) is 23.9. The topological polar surface area (TPSA) is 120 Å². The third-order valence-electron chi connectivity index (χ3n) is 7.32. The average Bonchev–Trinajstić information content (AvgIpc) is 3.34. The fraction of sp³-hybridized carbons (Fsp3) is 0.548. The lowest BCUT2D eigenvalue weighted by atomic mass is 9.78. The van der Waals surface area contributed by atoms with Crippen LogP contribution in [0.25, 0.3) is 0 Å². The summed E-state index contributed by atoms with van der Waals surface area (Å²) in [6.07, 6.45) is 10.5. The molecule has 0 radical (unpaired) electrons. The lowest BCUT2D eigenvalue weighted by molar-refractivity contribution is -0.126. The first-order chi connectivity index (χ1) is 18.7. The van der Waals surface area contributed by atoms with Crippen LogP contribution < -0.4 is 10.6 Å². The Kier molecular flexibility index (Phi) is 11.8. The summed E-state index contributed by atoms with van der Waals surface area (Å²) in [6, 6.07) is 9.65. The third kappa shape index (κ3) is 10.3. The van der Waals surface area contributed by atoms with Gasteiger partial charge >= 0.3 is 6.09 Å². The summed E-state index contributed by atoms with van der Waals surface area (Å²) in [4.78, 5) is 31.3. The maximum atomic E-state index is 12.4. The predicted molar refractivity (Wildman–Crippen MR) is 154 cm³/mol. The van der Waals surface area contributed by atoms with E-state index < -0.39 is 0 Å². The Labute approximate surface area is 232 Å². The van der Waals surface area contributed by atoms with Gasteiger partial charge in [-0.25, -0.2) is 9.78 Å². The molecule has 2 heterocycles. The van der Waals surface area contributed by atoms with Crippen molar-refractivity contribution < 1.29 is 14.3 Å². The predicted octanol–water partition coefficient (Wildman–Crippen LogP) is 6.40. The Morgan fingerprint density at radius 3 is 2.62 bits per heavy atom. The molecule has 4 N–H and O–H groups in total. The van der Waals surface area contributed by atoms with Crippen molar-refractivity contribution in [2.75, 3.05) is 6.54 Å². The molecule has 2 aliphatic rings. The lowest BCUT2D eigenvalue weighted by Crippen LogP contribution is -2.37. The first-order valence-corrected chi connectivity index (χ1v) is 14.2. The van der Waals surface area contributed by atoms with E-state index >= 15 is 0 Å². The molecule has 2 aromatic rings. The Bertz CT molecular complexity index is 1110. The maximum Gasteiger partial charge on any atom is 0.408 e. The van der Waals surface area contributed by atoms with E-state index in [2.05, 4.69) is 27.5 Å². The summed E-state index contributed by atoms with van der Waals surface area (Å²) in [7, 11) is 0. The highest BCUT2D eigenvalue weighted by Crippen LogP contribution is 2.36. The molecule has 39 heavy (non-hydrogen) atoms. The van der Waals surface area contributed by atoms with Crippen molar-refractivity contribution in [3.8, 4) is 0 Å². The number of aromatic nitrogens is 2. The Hall–Kier alpha value is -3.42. The molecular formula is C31H45N5O3. The van der Waals surface area contributed by atoms with Crippen LogP contribution in [0.3, 0.4) is 0 Å². The molecule has 1 aromatic heterocycles. The molecular weight excluding hydrogens is 490 g/mol. The van der Waals surface area contributed by atoms with Gasteiger partial charge in [0.25, 0.3) is 0 Å². The molecule has 2 fully saturated rings. The average molecular weight is 536 g/mol. The van der Waals surface area contributed by atoms with Crippen LogP contribution in [-0.2, 0) is 16.1 Å². The Morgan fingerprint density at radius 1 is 1.21 bits per heavy atom. The lowest BCUT2D eigenvalue weighted by Gasteiger charge is -2.33. The van der Waals surface area contributed by atoms with Crippen molar-refractivity contribution in [3.05, 3.63) is 65.3 Å². The minimum Gasteiger partial charge on any atom is -0.445 e. The van der Waals surface area contributed by atoms with E-state index in [0.29, 0.717) is 24.0 Å². The van der Waals surface area contributed by atoms with Crippen LogP contribution >= 0.6 is 0 Å². The molecule has 2 amide bonds. The quantitative estimate of drug-likeness (QED) is 0.292. The number of benzene rings is 1. The second-order valence-corrected chi connectivity index (χ2v) is 11.2. The number of allylic oxidation sites excluding steroid dienone is 2. The number of hydrogen-bond acceptors (Lipinski definition) is 5. The van der Waals surface area contributed by atoms with E-state index in [-0.39, 0.29) is 30.6 Å². The van der Waals surface area contributed by atoms with E-state index in [9.17, 15) is 9.59 Å². The number of alkyl carbamates (subject to hydrolysis) is 1. The number of ether oxygens (including phenoxy) is 1. The van der Waals surface area contributed by atoms with Crippen molar-refractivity contribution in [2.45, 2.75) is 85.3 Å². The zero-order chi connectivity index (χ0) is 28.2. The standard InChI is InChI=1S/C20H27N3O2.C11H18N2O/c1-14-7-6-10-17(11-14)19(18-12-21-15(2)22-18)23-20(24)25-13-16-8-4-3-5-9-16;1-8(2)6-10(12)7-9-4-3-5-13-11(9)14/h3-5,8-9,12,14,17,19H,6-7,10-11,13H2,1-2H3,(H,21,22)(H,23,24);6,9,12H,3-5,7H2,1-2H3,(H,13,14)/t14?,17-,19?;/m0./s1. The van der Waals surface area contributed by atoms with Gasteiger partial charge in [-0.1, -0.05) is 55.7 Å². The number of piperidine rings is 1. The van der Waals surface area contributed by atoms with Crippen LogP contribution in [0.5, 0.6) is 0 Å². The highest BCUT2D eigenvalue weighted by molar-refractivity contribution is 5.96. The normalized spacial score (nSPS) is 21.4. The molecule has 212 valence electrons. The number of nitrogens with zero attached hydrogens (tertiary/aromatic N) is 1. The van der Waals surface area contributed by atoms with Crippen LogP contribution in [-0.4, -0.2) is 34.2 Å². The van der Waals surface area contributed by atoms with Gasteiger partial charge in [-0.3, -0.25) is 4.79 Å². The van der Waals surface area contributed by atoms with Crippen LogP contribution in [0.4, 0.5) is 4.79 Å². The fourth-order valence-electron chi connectivity index (χ4n) is 5.43. The van der Waals surface area contributed by atoms with Gasteiger partial charge in [0.2, 0.25) is 5.91 Å². The molecule has 3 unspecified atom stereocenters. The van der Waals surface area contributed by atoms with Gasteiger partial charge in [0.05, 0.1) is 17.9 Å². The second-order valence-electron chi connectivity index (χ2n) is 11.2. The molecule has 1 aliphatic heterocycles. The first-order valence-electron chi connectivity index (χ1n) is 14.2. The van der Waals surface area contributed by atoms with Crippen LogP contribution in [0.1, 0.15) is 88.8 Å². The first kappa shape index (κ1) is 30.1. The van der Waals surface area contributed by atoms with Crippen molar-refractivity contribution in [1.82, 2.24) is 20.6 Å². The number of rotatable bonds is 8. The number of nitrogens with one attached hydrogen (secondary N) is 4. The monoisotopic (exact) mass is 535 g/mol. The van der Waals surface area contributed by atoms with E-state index in [1.807, 2.05) is 63.4 Å². The van der Waals surface area contributed by atoms with Crippen molar-refractivity contribution in [1.29, 1.82) is 5.41 Å². The number of H-pyrrole nitrogens is 1. The number of carbonyl (C=O) groups excluding carboxylic acids is 2. The SMILES string of the molecule is CC(C)=CC(=N)CC1CCCNC1=O.Cc1ncc(C(NC(=O)OCc2ccccc2)[C@H]2CCCC(C)C2)[nH]1. The van der Waals surface area contributed by atoms with E-state index in [1.165, 1.54) is 12.8 Å². The number of aryl methyl sites for hydroxylation is 1. The Balaban J connectivity index is 0.000000255. The third-order valence-corrected chi connectivity index (χ3v) is 7.32. The van der Waals surface area contributed by atoms with Gasteiger partial charge in [-0.05, 0) is 69.9 Å². The second kappa shape index (κ2) is 15.2. The van der Waals surface area contributed by atoms with Crippen molar-refractivity contribution >= 4 is 17.7 Å². The highest BCUT2D eigenvalue weighted by atomic mass is 16.5. The number of imidazole rings is 1. The van der Waals surface area contributed by atoms with Crippen LogP contribution in [0.2, 0.25) is 0 Å². The zero-order valence-electron chi connectivity index (χ0n) is 23.9. The Morgan fingerprint density at radius 2 is 1.97 bits per heavy atom. The molecule has 8 heteroatoms. The van der Waals surface area contributed by atoms with E-state index in [4.69, 9.17) is 10.1 Å². The largest absolute Gasteiger partial charge is 0.445 e. The summed E-state index contributed by atoms with van der Waals surface area (Å²) >= 11 is 0. The maximum absolute atomic E-state index is 12.4. The van der Waals surface area contributed by atoms with Crippen LogP contribution in [0, 0.1) is 30.1 Å². The molecule has 1 aromatic carbocycles. The number of amides is 2.